The van der Waals surface area contributed by atoms with Crippen LogP contribution in [0, 0.1) is 5.82 Å². The summed E-state index contributed by atoms with van der Waals surface area (Å²) < 4.78 is 27.2. The predicted octanol–water partition coefficient (Wildman–Crippen LogP) is 5.10. The summed E-state index contributed by atoms with van der Waals surface area (Å²) in [5.74, 6) is 0.946. The Hall–Kier alpha value is -3.70. The van der Waals surface area contributed by atoms with E-state index in [4.69, 9.17) is 9.47 Å². The topological polar surface area (TPSA) is 90.6 Å². The Labute approximate surface area is 219 Å². The third kappa shape index (κ3) is 5.92. The molecule has 0 aliphatic heterocycles. The zero-order valence-electron chi connectivity index (χ0n) is 19.3. The van der Waals surface area contributed by atoms with Gasteiger partial charge in [0.25, 0.3) is 5.91 Å². The number of nitrogens with zero attached hydrogens (tertiary/aromatic N) is 4. The van der Waals surface area contributed by atoms with Gasteiger partial charge >= 0.3 is 0 Å². The van der Waals surface area contributed by atoms with Crippen molar-refractivity contribution in [2.45, 2.75) is 5.16 Å². The first kappa shape index (κ1) is 25.4. The molecule has 0 aliphatic carbocycles. The summed E-state index contributed by atoms with van der Waals surface area (Å²) in [5, 5.41) is 13.1. The van der Waals surface area contributed by atoms with E-state index in [1.807, 2.05) is 47.0 Å². The van der Waals surface area contributed by atoms with Crippen LogP contribution in [0.2, 0.25) is 0 Å². The lowest BCUT2D eigenvalue weighted by atomic mass is 10.2. The number of methoxy groups -OCH3 is 2. The highest BCUT2D eigenvalue weighted by molar-refractivity contribution is 9.10. The fourth-order valence-electron chi connectivity index (χ4n) is 3.29. The first-order valence-corrected chi connectivity index (χ1v) is 12.4. The molecule has 184 valence electrons. The second-order valence-electron chi connectivity index (χ2n) is 7.29. The number of hydrogen-bond acceptors (Lipinski definition) is 7. The monoisotopic (exact) mass is 569 g/mol. The molecule has 3 aromatic carbocycles. The smallest absolute Gasteiger partial charge is 0.250 e. The first-order chi connectivity index (χ1) is 17.5. The standard InChI is InChI=1S/C25H21BrFN5O3S/c1-34-21-11-8-16(13-22(21)35-2)24-30-31-25(32(24)19-6-4-3-5-7-19)36-15-23(33)29-28-14-17-12-18(26)9-10-20(17)27/h3-14H,15H2,1-2H3,(H,29,33)/b28-14+. The van der Waals surface area contributed by atoms with E-state index in [-0.39, 0.29) is 17.2 Å². The Balaban J connectivity index is 1.54. The van der Waals surface area contributed by atoms with E-state index in [1.54, 1.807) is 32.4 Å². The van der Waals surface area contributed by atoms with Crippen molar-refractivity contribution in [2.24, 2.45) is 5.10 Å². The summed E-state index contributed by atoms with van der Waals surface area (Å²) in [4.78, 5) is 12.4. The highest BCUT2D eigenvalue weighted by Gasteiger charge is 2.18. The van der Waals surface area contributed by atoms with E-state index in [0.29, 0.717) is 27.0 Å². The fraction of sp³-hybridized carbons (Fsp3) is 0.120. The predicted molar refractivity (Wildman–Crippen MR) is 140 cm³/mol. The van der Waals surface area contributed by atoms with Gasteiger partial charge in [-0.25, -0.2) is 9.82 Å². The van der Waals surface area contributed by atoms with E-state index in [2.05, 4.69) is 36.7 Å². The van der Waals surface area contributed by atoms with Crippen LogP contribution in [0.25, 0.3) is 17.1 Å². The molecule has 4 rings (SSSR count). The van der Waals surface area contributed by atoms with Gasteiger partial charge in [-0.15, -0.1) is 10.2 Å². The number of carbonyl (C=O) groups excluding carboxylic acids is 1. The summed E-state index contributed by atoms with van der Waals surface area (Å²) in [7, 11) is 3.14. The molecule has 0 aliphatic rings. The second-order valence-corrected chi connectivity index (χ2v) is 9.15. The number of thioether (sulfide) groups is 1. The van der Waals surface area contributed by atoms with E-state index in [0.717, 1.165) is 11.3 Å². The maximum absolute atomic E-state index is 13.8. The van der Waals surface area contributed by atoms with Crippen LogP contribution in [0.5, 0.6) is 11.5 Å². The van der Waals surface area contributed by atoms with Gasteiger partial charge in [-0.3, -0.25) is 9.36 Å². The molecule has 0 bridgehead atoms. The quantitative estimate of drug-likeness (QED) is 0.171. The minimum absolute atomic E-state index is 0.0230. The molecule has 0 atom stereocenters. The molecular weight excluding hydrogens is 549 g/mol. The summed E-state index contributed by atoms with van der Waals surface area (Å²) >= 11 is 4.48. The Morgan fingerprint density at radius 1 is 1.08 bits per heavy atom. The molecule has 1 N–H and O–H groups in total. The van der Waals surface area contributed by atoms with Crippen LogP contribution in [0.4, 0.5) is 4.39 Å². The molecule has 1 amide bonds. The number of para-hydroxylation sites is 1. The number of hydrazone groups is 1. The molecule has 0 fully saturated rings. The van der Waals surface area contributed by atoms with Crippen LogP contribution in [0.1, 0.15) is 5.56 Å². The minimum Gasteiger partial charge on any atom is -0.493 e. The van der Waals surface area contributed by atoms with Gasteiger partial charge in [0.15, 0.2) is 22.5 Å². The number of rotatable bonds is 9. The van der Waals surface area contributed by atoms with Crippen molar-refractivity contribution in [1.29, 1.82) is 0 Å². The third-order valence-electron chi connectivity index (χ3n) is 4.97. The summed E-state index contributed by atoms with van der Waals surface area (Å²) in [6.45, 7) is 0. The van der Waals surface area contributed by atoms with Crippen molar-refractivity contribution in [3.8, 4) is 28.6 Å². The summed E-state index contributed by atoms with van der Waals surface area (Å²) in [6.07, 6.45) is 1.25. The van der Waals surface area contributed by atoms with Crippen molar-refractivity contribution in [1.82, 2.24) is 20.2 Å². The number of amides is 1. The largest absolute Gasteiger partial charge is 0.493 e. The number of hydrogen-bond donors (Lipinski definition) is 1. The number of ether oxygens (including phenoxy) is 2. The maximum atomic E-state index is 13.8. The van der Waals surface area contributed by atoms with Crippen molar-refractivity contribution in [3.05, 3.63) is 82.6 Å². The lowest BCUT2D eigenvalue weighted by Crippen LogP contribution is -2.20. The van der Waals surface area contributed by atoms with Crippen LogP contribution < -0.4 is 14.9 Å². The van der Waals surface area contributed by atoms with Crippen LogP contribution in [-0.4, -0.2) is 46.9 Å². The van der Waals surface area contributed by atoms with Crippen molar-refractivity contribution in [2.75, 3.05) is 20.0 Å². The zero-order chi connectivity index (χ0) is 25.5. The highest BCUT2D eigenvalue weighted by atomic mass is 79.9. The van der Waals surface area contributed by atoms with E-state index >= 15 is 0 Å². The molecular formula is C25H21BrFN5O3S. The molecule has 0 saturated heterocycles. The zero-order valence-corrected chi connectivity index (χ0v) is 21.7. The number of nitrogens with one attached hydrogen (secondary N) is 1. The highest BCUT2D eigenvalue weighted by Crippen LogP contribution is 2.34. The van der Waals surface area contributed by atoms with E-state index in [9.17, 15) is 9.18 Å². The third-order valence-corrected chi connectivity index (χ3v) is 6.39. The van der Waals surface area contributed by atoms with E-state index in [1.165, 1.54) is 24.0 Å². The summed E-state index contributed by atoms with van der Waals surface area (Å²) in [6, 6.07) is 19.5. The van der Waals surface area contributed by atoms with Crippen molar-refractivity contribution >= 4 is 39.8 Å². The molecule has 0 spiro atoms. The molecule has 36 heavy (non-hydrogen) atoms. The van der Waals surface area contributed by atoms with Gasteiger partial charge in [0.1, 0.15) is 5.82 Å². The van der Waals surface area contributed by atoms with Crippen LogP contribution in [0.3, 0.4) is 0 Å². The number of carbonyl (C=O) groups is 1. The average molecular weight is 570 g/mol. The van der Waals surface area contributed by atoms with Crippen LogP contribution in [0.15, 0.2) is 81.5 Å². The van der Waals surface area contributed by atoms with Gasteiger partial charge < -0.3 is 9.47 Å². The van der Waals surface area contributed by atoms with Gasteiger partial charge in [-0.1, -0.05) is 45.9 Å². The fourth-order valence-corrected chi connectivity index (χ4v) is 4.41. The molecule has 8 nitrogen and oxygen atoms in total. The molecule has 11 heteroatoms. The van der Waals surface area contributed by atoms with Crippen LogP contribution >= 0.6 is 27.7 Å². The first-order valence-electron chi connectivity index (χ1n) is 10.6. The number of aromatic nitrogens is 3. The normalized spacial score (nSPS) is 11.0. The Morgan fingerprint density at radius 3 is 2.61 bits per heavy atom. The van der Waals surface area contributed by atoms with Crippen molar-refractivity contribution < 1.29 is 18.7 Å². The van der Waals surface area contributed by atoms with Gasteiger partial charge in [0, 0.05) is 21.3 Å². The Morgan fingerprint density at radius 2 is 1.86 bits per heavy atom. The molecule has 1 aromatic heterocycles. The lowest BCUT2D eigenvalue weighted by Gasteiger charge is -2.12. The minimum atomic E-state index is -0.441. The Bertz CT molecular complexity index is 1400. The van der Waals surface area contributed by atoms with E-state index < -0.39 is 5.82 Å². The molecule has 0 radical (unpaired) electrons. The molecule has 0 unspecified atom stereocenters. The van der Waals surface area contributed by atoms with Crippen molar-refractivity contribution in [3.63, 3.8) is 0 Å². The number of halogens is 2. The lowest BCUT2D eigenvalue weighted by molar-refractivity contribution is -0.118. The second kappa shape index (κ2) is 11.8. The summed E-state index contributed by atoms with van der Waals surface area (Å²) in [5.41, 5.74) is 4.26. The van der Waals surface area contributed by atoms with Gasteiger partial charge in [0.05, 0.1) is 26.2 Å². The number of benzene rings is 3. The molecule has 0 saturated carbocycles. The SMILES string of the molecule is COc1ccc(-c2nnc(SCC(=O)N/N=C/c3cc(Br)ccc3F)n2-c2ccccc2)cc1OC. The molecule has 4 aromatic rings. The van der Waals surface area contributed by atoms with Gasteiger partial charge in [-0.05, 0) is 48.5 Å². The van der Waals surface area contributed by atoms with Gasteiger partial charge in [-0.2, -0.15) is 5.10 Å². The average Bonchev–Trinajstić information content (AvgIpc) is 3.33. The maximum Gasteiger partial charge on any atom is 0.250 e. The Kier molecular flexibility index (Phi) is 8.34. The molecule has 1 heterocycles. The van der Waals surface area contributed by atoms with Crippen LogP contribution in [-0.2, 0) is 4.79 Å². The van der Waals surface area contributed by atoms with Gasteiger partial charge in [0.2, 0.25) is 0 Å².